The van der Waals surface area contributed by atoms with E-state index in [2.05, 4.69) is 27.6 Å². The highest BCUT2D eigenvalue weighted by molar-refractivity contribution is 5.96. The first-order valence-corrected chi connectivity index (χ1v) is 10.0. The van der Waals surface area contributed by atoms with Gasteiger partial charge >= 0.3 is 0 Å². The Kier molecular flexibility index (Phi) is 5.88. The van der Waals surface area contributed by atoms with Gasteiger partial charge in [0.25, 0.3) is 11.8 Å². The largest absolute Gasteiger partial charge is 0.351 e. The molecule has 0 saturated heterocycles. The molecule has 0 radical (unpaired) electrons. The molecule has 0 aliphatic carbocycles. The normalized spacial score (nSPS) is 13.0. The summed E-state index contributed by atoms with van der Waals surface area (Å²) in [7, 11) is 0. The molecule has 0 fully saturated rings. The molecule has 1 aliphatic rings. The molecule has 1 aliphatic heterocycles. The van der Waals surface area contributed by atoms with Gasteiger partial charge in [0.2, 0.25) is 0 Å². The number of carbonyl (C=O) groups excluding carboxylic acids is 2. The molecule has 4 rings (SSSR count). The molecule has 30 heavy (non-hydrogen) atoms. The van der Waals surface area contributed by atoms with Crippen molar-refractivity contribution in [1.82, 2.24) is 20.4 Å². The lowest BCUT2D eigenvalue weighted by Gasteiger charge is -2.27. The quantitative estimate of drug-likeness (QED) is 0.618. The predicted octanol–water partition coefficient (Wildman–Crippen LogP) is 3.11. The zero-order chi connectivity index (χ0) is 20.9. The summed E-state index contributed by atoms with van der Waals surface area (Å²) >= 11 is 0. The lowest BCUT2D eigenvalue weighted by atomic mass is 10.0. The van der Waals surface area contributed by atoms with E-state index in [0.717, 1.165) is 24.1 Å². The molecule has 0 atom stereocenters. The number of benzene rings is 2. The van der Waals surface area contributed by atoms with Gasteiger partial charge in [0, 0.05) is 36.3 Å². The molecule has 0 saturated carbocycles. The van der Waals surface area contributed by atoms with Gasteiger partial charge in [-0.3, -0.25) is 14.7 Å². The molecule has 2 N–H and O–H groups in total. The van der Waals surface area contributed by atoms with Crippen molar-refractivity contribution in [2.24, 2.45) is 0 Å². The Labute approximate surface area is 174 Å². The number of halogens is 1. The van der Waals surface area contributed by atoms with Crippen LogP contribution in [-0.4, -0.2) is 40.0 Å². The Hall–Kier alpha value is -3.48. The molecule has 0 bridgehead atoms. The van der Waals surface area contributed by atoms with E-state index >= 15 is 0 Å². The van der Waals surface area contributed by atoms with Crippen molar-refractivity contribution >= 4 is 11.8 Å². The maximum absolute atomic E-state index is 13.1. The van der Waals surface area contributed by atoms with E-state index < -0.39 is 0 Å². The number of amides is 2. The SMILES string of the molecule is O=C(NCCCc1ccccc1)c1n[nH]c2c1CN(C(=O)c1ccc(F)cc1)CC2. The number of carbonyl (C=O) groups is 2. The minimum Gasteiger partial charge on any atom is -0.351 e. The third-order valence-electron chi connectivity index (χ3n) is 5.30. The molecule has 2 aromatic carbocycles. The summed E-state index contributed by atoms with van der Waals surface area (Å²) in [6.07, 6.45) is 2.31. The van der Waals surface area contributed by atoms with Gasteiger partial charge in [0.15, 0.2) is 5.69 Å². The third-order valence-corrected chi connectivity index (χ3v) is 5.30. The van der Waals surface area contributed by atoms with E-state index in [1.807, 2.05) is 18.2 Å². The van der Waals surface area contributed by atoms with Crippen LogP contribution in [0.5, 0.6) is 0 Å². The summed E-state index contributed by atoms with van der Waals surface area (Å²) in [6, 6.07) is 15.6. The summed E-state index contributed by atoms with van der Waals surface area (Å²) in [5.74, 6) is -0.804. The Morgan fingerprint density at radius 2 is 1.87 bits per heavy atom. The molecule has 2 heterocycles. The second-order valence-corrected chi connectivity index (χ2v) is 7.36. The lowest BCUT2D eigenvalue weighted by Crippen LogP contribution is -2.37. The molecule has 1 aromatic heterocycles. The molecule has 3 aromatic rings. The van der Waals surface area contributed by atoms with E-state index in [0.29, 0.717) is 37.3 Å². The van der Waals surface area contributed by atoms with E-state index in [1.165, 1.54) is 29.8 Å². The predicted molar refractivity (Wildman–Crippen MR) is 111 cm³/mol. The molecular formula is C23H23FN4O2. The standard InChI is InChI=1S/C23H23FN4O2/c24-18-10-8-17(9-11-18)23(30)28-14-12-20-19(15-28)21(27-26-20)22(29)25-13-4-7-16-5-2-1-3-6-16/h1-3,5-6,8-11H,4,7,12-15H2,(H,25,29)(H,26,27). The first-order valence-electron chi connectivity index (χ1n) is 10.0. The molecule has 154 valence electrons. The number of aryl methyl sites for hydroxylation is 1. The summed E-state index contributed by atoms with van der Waals surface area (Å²) < 4.78 is 13.1. The average Bonchev–Trinajstić information content (AvgIpc) is 3.21. The lowest BCUT2D eigenvalue weighted by molar-refractivity contribution is 0.0731. The van der Waals surface area contributed by atoms with Gasteiger partial charge in [-0.15, -0.1) is 0 Å². The smallest absolute Gasteiger partial charge is 0.272 e. The van der Waals surface area contributed by atoms with Crippen molar-refractivity contribution in [3.8, 4) is 0 Å². The number of H-pyrrole nitrogens is 1. The second kappa shape index (κ2) is 8.90. The highest BCUT2D eigenvalue weighted by Gasteiger charge is 2.28. The van der Waals surface area contributed by atoms with Gasteiger partial charge in [-0.2, -0.15) is 5.10 Å². The van der Waals surface area contributed by atoms with Gasteiger partial charge in [0.1, 0.15) is 5.82 Å². The number of hydrogen-bond acceptors (Lipinski definition) is 3. The van der Waals surface area contributed by atoms with Gasteiger partial charge in [-0.05, 0) is 42.7 Å². The van der Waals surface area contributed by atoms with Crippen molar-refractivity contribution < 1.29 is 14.0 Å². The van der Waals surface area contributed by atoms with Crippen LogP contribution < -0.4 is 5.32 Å². The Morgan fingerprint density at radius 1 is 1.10 bits per heavy atom. The van der Waals surface area contributed by atoms with Gasteiger partial charge in [-0.25, -0.2) is 4.39 Å². The Morgan fingerprint density at radius 3 is 2.63 bits per heavy atom. The van der Waals surface area contributed by atoms with E-state index in [-0.39, 0.29) is 17.6 Å². The number of rotatable bonds is 6. The van der Waals surface area contributed by atoms with Crippen LogP contribution in [-0.2, 0) is 19.4 Å². The van der Waals surface area contributed by atoms with Crippen LogP contribution in [0.4, 0.5) is 4.39 Å². The maximum atomic E-state index is 13.1. The van der Waals surface area contributed by atoms with Crippen LogP contribution in [0.3, 0.4) is 0 Å². The van der Waals surface area contributed by atoms with Crippen molar-refractivity contribution in [3.05, 3.63) is 88.5 Å². The minimum absolute atomic E-state index is 0.184. The van der Waals surface area contributed by atoms with Crippen molar-refractivity contribution in [2.45, 2.75) is 25.8 Å². The fourth-order valence-corrected chi connectivity index (χ4v) is 3.65. The first-order chi connectivity index (χ1) is 14.6. The van der Waals surface area contributed by atoms with Gasteiger partial charge in [-0.1, -0.05) is 30.3 Å². The van der Waals surface area contributed by atoms with E-state index in [9.17, 15) is 14.0 Å². The van der Waals surface area contributed by atoms with Gasteiger partial charge < -0.3 is 10.2 Å². The number of aromatic amines is 1. The molecule has 7 heteroatoms. The monoisotopic (exact) mass is 406 g/mol. The van der Waals surface area contributed by atoms with E-state index in [4.69, 9.17) is 0 Å². The minimum atomic E-state index is -0.381. The highest BCUT2D eigenvalue weighted by Crippen LogP contribution is 2.22. The van der Waals surface area contributed by atoms with Crippen molar-refractivity contribution in [3.63, 3.8) is 0 Å². The zero-order valence-corrected chi connectivity index (χ0v) is 16.5. The fraction of sp³-hybridized carbons (Fsp3) is 0.261. The Balaban J connectivity index is 1.36. The molecular weight excluding hydrogens is 383 g/mol. The van der Waals surface area contributed by atoms with Crippen LogP contribution in [0.25, 0.3) is 0 Å². The fourth-order valence-electron chi connectivity index (χ4n) is 3.65. The number of aromatic nitrogens is 2. The second-order valence-electron chi connectivity index (χ2n) is 7.36. The number of fused-ring (bicyclic) bond motifs is 1. The average molecular weight is 406 g/mol. The van der Waals surface area contributed by atoms with Crippen LogP contribution in [0, 0.1) is 5.82 Å². The molecule has 0 spiro atoms. The third kappa shape index (κ3) is 4.40. The molecule has 0 unspecified atom stereocenters. The summed E-state index contributed by atoms with van der Waals surface area (Å²) in [5.41, 5.74) is 3.63. The van der Waals surface area contributed by atoms with E-state index in [1.54, 1.807) is 4.90 Å². The molecule has 6 nitrogen and oxygen atoms in total. The first kappa shape index (κ1) is 19.8. The van der Waals surface area contributed by atoms with Crippen LogP contribution in [0.2, 0.25) is 0 Å². The van der Waals surface area contributed by atoms with Crippen LogP contribution in [0.15, 0.2) is 54.6 Å². The maximum Gasteiger partial charge on any atom is 0.272 e. The molecule has 2 amide bonds. The van der Waals surface area contributed by atoms with Crippen LogP contribution >= 0.6 is 0 Å². The Bertz CT molecular complexity index is 1030. The summed E-state index contributed by atoms with van der Waals surface area (Å²) in [5, 5.41) is 10.0. The summed E-state index contributed by atoms with van der Waals surface area (Å²) in [6.45, 7) is 1.37. The van der Waals surface area contributed by atoms with Gasteiger partial charge in [0.05, 0.1) is 6.54 Å². The van der Waals surface area contributed by atoms with Crippen molar-refractivity contribution in [1.29, 1.82) is 0 Å². The number of nitrogens with one attached hydrogen (secondary N) is 2. The number of hydrogen-bond donors (Lipinski definition) is 2. The summed E-state index contributed by atoms with van der Waals surface area (Å²) in [4.78, 5) is 27.0. The van der Waals surface area contributed by atoms with Crippen LogP contribution in [0.1, 0.15) is 44.1 Å². The number of nitrogens with zero attached hydrogens (tertiary/aromatic N) is 2. The van der Waals surface area contributed by atoms with Crippen molar-refractivity contribution in [2.75, 3.05) is 13.1 Å². The zero-order valence-electron chi connectivity index (χ0n) is 16.5. The topological polar surface area (TPSA) is 78.1 Å². The highest BCUT2D eigenvalue weighted by atomic mass is 19.1.